The summed E-state index contributed by atoms with van der Waals surface area (Å²) in [6, 6.07) is 3.06. The van der Waals surface area contributed by atoms with Crippen LogP contribution in [-0.4, -0.2) is 35.8 Å². The van der Waals surface area contributed by atoms with Crippen LogP contribution in [0.4, 0.5) is 10.1 Å². The van der Waals surface area contributed by atoms with Crippen molar-refractivity contribution in [2.24, 2.45) is 0 Å². The lowest BCUT2D eigenvalue weighted by Crippen LogP contribution is -2.46. The van der Waals surface area contributed by atoms with E-state index in [1.54, 1.807) is 11.8 Å². The summed E-state index contributed by atoms with van der Waals surface area (Å²) in [5.74, 6) is -1.18. The summed E-state index contributed by atoms with van der Waals surface area (Å²) in [4.78, 5) is 25.6. The topological polar surface area (TPSA) is 75.4 Å². The first kappa shape index (κ1) is 15.9. The summed E-state index contributed by atoms with van der Waals surface area (Å²) in [6.45, 7) is 6.52. The van der Waals surface area contributed by atoms with E-state index in [9.17, 15) is 14.0 Å². The normalized spacial score (nSPS) is 11.8. The Balaban J connectivity index is 2.74. The molecule has 0 aliphatic carbocycles. The number of carbonyl (C=O) groups is 2. The molecule has 5 nitrogen and oxygen atoms in total. The van der Waals surface area contributed by atoms with Crippen molar-refractivity contribution < 1.29 is 14.0 Å². The number of anilines is 1. The number of benzene rings is 1. The molecular formula is C14H20FN3O2. The summed E-state index contributed by atoms with van der Waals surface area (Å²) < 4.78 is 13.0. The Kier molecular flexibility index (Phi) is 5.49. The molecule has 0 heterocycles. The first-order valence-electron chi connectivity index (χ1n) is 6.55. The standard InChI is InChI=1S/C14H20FN3O2/c1-4-18(5-2)14(20)9(3)17-13(19)10-6-7-11(15)12(16)8-10/h6-9H,4-5,16H2,1-3H3,(H,17,19). The van der Waals surface area contributed by atoms with E-state index in [2.05, 4.69) is 5.32 Å². The predicted molar refractivity (Wildman–Crippen MR) is 75.7 cm³/mol. The molecule has 0 aromatic heterocycles. The number of nitrogens with zero attached hydrogens (tertiary/aromatic N) is 1. The van der Waals surface area contributed by atoms with Crippen LogP contribution >= 0.6 is 0 Å². The number of rotatable bonds is 5. The lowest BCUT2D eigenvalue weighted by atomic mass is 10.1. The van der Waals surface area contributed by atoms with Gasteiger partial charge < -0.3 is 16.0 Å². The van der Waals surface area contributed by atoms with Crippen LogP contribution in [0.5, 0.6) is 0 Å². The van der Waals surface area contributed by atoms with Gasteiger partial charge in [0, 0.05) is 18.7 Å². The first-order chi connectivity index (χ1) is 9.40. The third-order valence-corrected chi connectivity index (χ3v) is 3.05. The van der Waals surface area contributed by atoms with E-state index in [4.69, 9.17) is 5.73 Å². The minimum Gasteiger partial charge on any atom is -0.396 e. The minimum atomic E-state index is -0.645. The number of nitrogen functional groups attached to an aromatic ring is 1. The zero-order valence-electron chi connectivity index (χ0n) is 11.9. The zero-order chi connectivity index (χ0) is 15.3. The maximum Gasteiger partial charge on any atom is 0.251 e. The Morgan fingerprint density at radius 2 is 1.95 bits per heavy atom. The number of nitrogens with one attached hydrogen (secondary N) is 1. The average molecular weight is 281 g/mol. The van der Waals surface area contributed by atoms with Gasteiger partial charge in [0.05, 0.1) is 5.69 Å². The van der Waals surface area contributed by atoms with E-state index in [0.29, 0.717) is 13.1 Å². The second kappa shape index (κ2) is 6.88. The molecule has 0 bridgehead atoms. The van der Waals surface area contributed by atoms with E-state index < -0.39 is 17.8 Å². The lowest BCUT2D eigenvalue weighted by Gasteiger charge is -2.23. The maximum absolute atomic E-state index is 13.0. The summed E-state index contributed by atoms with van der Waals surface area (Å²) in [5, 5.41) is 2.58. The fourth-order valence-corrected chi connectivity index (χ4v) is 1.84. The van der Waals surface area contributed by atoms with Crippen LogP contribution < -0.4 is 11.1 Å². The van der Waals surface area contributed by atoms with Crippen LogP contribution in [0.2, 0.25) is 0 Å². The van der Waals surface area contributed by atoms with E-state index >= 15 is 0 Å². The molecule has 1 atom stereocenters. The van der Waals surface area contributed by atoms with Gasteiger partial charge in [-0.05, 0) is 39.0 Å². The Labute approximate surface area is 117 Å². The smallest absolute Gasteiger partial charge is 0.251 e. The fraction of sp³-hybridized carbons (Fsp3) is 0.429. The van der Waals surface area contributed by atoms with Crippen LogP contribution in [0.25, 0.3) is 0 Å². The molecule has 0 spiro atoms. The second-order valence-corrected chi connectivity index (χ2v) is 4.44. The van der Waals surface area contributed by atoms with Gasteiger partial charge in [0.25, 0.3) is 5.91 Å². The molecule has 1 aromatic carbocycles. The molecule has 0 aliphatic rings. The molecule has 0 aliphatic heterocycles. The molecule has 20 heavy (non-hydrogen) atoms. The summed E-state index contributed by atoms with van der Waals surface area (Å²) in [5.41, 5.74) is 5.54. The average Bonchev–Trinajstić information content (AvgIpc) is 2.42. The molecule has 1 unspecified atom stereocenters. The lowest BCUT2D eigenvalue weighted by molar-refractivity contribution is -0.132. The predicted octanol–water partition coefficient (Wildman–Crippen LogP) is 1.39. The number of amides is 2. The van der Waals surface area contributed by atoms with E-state index in [1.165, 1.54) is 12.1 Å². The first-order valence-corrected chi connectivity index (χ1v) is 6.55. The number of carbonyl (C=O) groups excluding carboxylic acids is 2. The van der Waals surface area contributed by atoms with Crippen LogP contribution in [0.1, 0.15) is 31.1 Å². The number of hydrogen-bond donors (Lipinski definition) is 2. The van der Waals surface area contributed by atoms with Gasteiger partial charge in [-0.3, -0.25) is 9.59 Å². The molecule has 6 heteroatoms. The number of hydrogen-bond acceptors (Lipinski definition) is 3. The molecule has 0 saturated carbocycles. The highest BCUT2D eigenvalue weighted by Crippen LogP contribution is 2.12. The molecule has 110 valence electrons. The Morgan fingerprint density at radius 1 is 1.35 bits per heavy atom. The van der Waals surface area contributed by atoms with Crippen molar-refractivity contribution in [3.63, 3.8) is 0 Å². The Hall–Kier alpha value is -2.11. The highest BCUT2D eigenvalue weighted by atomic mass is 19.1. The molecule has 0 radical (unpaired) electrons. The minimum absolute atomic E-state index is 0.0969. The monoisotopic (exact) mass is 281 g/mol. The summed E-state index contributed by atoms with van der Waals surface area (Å²) in [6.07, 6.45) is 0. The number of likely N-dealkylation sites (N-methyl/N-ethyl adjacent to an activating group) is 1. The fourth-order valence-electron chi connectivity index (χ4n) is 1.84. The largest absolute Gasteiger partial charge is 0.396 e. The van der Waals surface area contributed by atoms with E-state index in [0.717, 1.165) is 6.07 Å². The molecule has 0 saturated heterocycles. The summed E-state index contributed by atoms with van der Waals surface area (Å²) in [7, 11) is 0. The van der Waals surface area contributed by atoms with Crippen LogP contribution in [-0.2, 0) is 4.79 Å². The number of nitrogens with two attached hydrogens (primary N) is 1. The van der Waals surface area contributed by atoms with Gasteiger partial charge >= 0.3 is 0 Å². The van der Waals surface area contributed by atoms with E-state index in [-0.39, 0.29) is 17.2 Å². The Bertz CT molecular complexity index is 501. The third kappa shape index (κ3) is 3.69. The van der Waals surface area contributed by atoms with Gasteiger partial charge in [0.1, 0.15) is 11.9 Å². The van der Waals surface area contributed by atoms with Gasteiger partial charge in [-0.1, -0.05) is 0 Å². The van der Waals surface area contributed by atoms with Gasteiger partial charge in [-0.25, -0.2) is 4.39 Å². The Morgan fingerprint density at radius 3 is 2.45 bits per heavy atom. The SMILES string of the molecule is CCN(CC)C(=O)C(C)NC(=O)c1ccc(F)c(N)c1. The van der Waals surface area contributed by atoms with Crippen LogP contribution in [0.15, 0.2) is 18.2 Å². The van der Waals surface area contributed by atoms with Crippen molar-refractivity contribution in [2.75, 3.05) is 18.8 Å². The van der Waals surface area contributed by atoms with E-state index in [1.807, 2.05) is 13.8 Å². The molecule has 2 amide bonds. The van der Waals surface area contributed by atoms with Gasteiger partial charge in [-0.15, -0.1) is 0 Å². The van der Waals surface area contributed by atoms with Crippen molar-refractivity contribution in [3.05, 3.63) is 29.6 Å². The van der Waals surface area contributed by atoms with Crippen molar-refractivity contribution in [2.45, 2.75) is 26.8 Å². The maximum atomic E-state index is 13.0. The van der Waals surface area contributed by atoms with Gasteiger partial charge in [-0.2, -0.15) is 0 Å². The highest BCUT2D eigenvalue weighted by Gasteiger charge is 2.20. The van der Waals surface area contributed by atoms with Gasteiger partial charge in [0.15, 0.2) is 0 Å². The molecular weight excluding hydrogens is 261 g/mol. The van der Waals surface area contributed by atoms with Crippen molar-refractivity contribution in [1.29, 1.82) is 0 Å². The molecule has 1 aromatic rings. The van der Waals surface area contributed by atoms with Crippen molar-refractivity contribution >= 4 is 17.5 Å². The molecule has 0 fully saturated rings. The zero-order valence-corrected chi connectivity index (χ0v) is 11.9. The number of halogens is 1. The van der Waals surface area contributed by atoms with Crippen LogP contribution in [0, 0.1) is 5.82 Å². The van der Waals surface area contributed by atoms with Gasteiger partial charge in [0.2, 0.25) is 5.91 Å². The quantitative estimate of drug-likeness (QED) is 0.801. The van der Waals surface area contributed by atoms with Crippen molar-refractivity contribution in [3.8, 4) is 0 Å². The molecule has 1 rings (SSSR count). The highest BCUT2D eigenvalue weighted by molar-refractivity contribution is 5.98. The van der Waals surface area contributed by atoms with Crippen LogP contribution in [0.3, 0.4) is 0 Å². The third-order valence-electron chi connectivity index (χ3n) is 3.05. The molecule has 3 N–H and O–H groups in total. The summed E-state index contributed by atoms with van der Waals surface area (Å²) >= 11 is 0. The second-order valence-electron chi connectivity index (χ2n) is 4.44. The van der Waals surface area contributed by atoms with Crippen molar-refractivity contribution in [1.82, 2.24) is 10.2 Å².